The van der Waals surface area contributed by atoms with Crippen molar-refractivity contribution >= 4 is 46.4 Å². The molecule has 1 heterocycles. The van der Waals surface area contributed by atoms with Gasteiger partial charge >= 0.3 is 0 Å². The highest BCUT2D eigenvalue weighted by atomic mass is 35.5. The lowest BCUT2D eigenvalue weighted by atomic mass is 10.2. The average Bonchev–Trinajstić information content (AvgIpc) is 2.65. The standard InChI is InChI=1S/C19H13Cl2N3O3/c20-11-1-5-13(6-2-11)22-18(26)16-9-15(25)10-17(24-16)19(27)23-14-7-3-12(21)4-8-14/h1-10H,(H,22,26)(H,23,27)(H,24,25). The Hall–Kier alpha value is -3.09. The van der Waals surface area contributed by atoms with E-state index in [-0.39, 0.29) is 11.4 Å². The fourth-order valence-corrected chi connectivity index (χ4v) is 2.50. The minimum Gasteiger partial charge on any atom is -0.346 e. The first kappa shape index (κ1) is 18.7. The number of aromatic amines is 1. The van der Waals surface area contributed by atoms with Crippen molar-refractivity contribution in [2.24, 2.45) is 0 Å². The first-order valence-electron chi connectivity index (χ1n) is 7.79. The molecule has 0 atom stereocenters. The highest BCUT2D eigenvalue weighted by molar-refractivity contribution is 6.31. The van der Waals surface area contributed by atoms with Crippen LogP contribution in [0, 0.1) is 0 Å². The van der Waals surface area contributed by atoms with Crippen LogP contribution in [-0.4, -0.2) is 16.8 Å². The fraction of sp³-hybridized carbons (Fsp3) is 0. The molecule has 3 N–H and O–H groups in total. The van der Waals surface area contributed by atoms with Crippen LogP contribution in [0.25, 0.3) is 0 Å². The zero-order valence-corrected chi connectivity index (χ0v) is 15.3. The molecule has 0 aliphatic carbocycles. The summed E-state index contributed by atoms with van der Waals surface area (Å²) < 4.78 is 0. The summed E-state index contributed by atoms with van der Waals surface area (Å²) in [7, 11) is 0. The van der Waals surface area contributed by atoms with E-state index in [0.717, 1.165) is 12.1 Å². The summed E-state index contributed by atoms with van der Waals surface area (Å²) >= 11 is 11.6. The topological polar surface area (TPSA) is 91.1 Å². The molecular weight excluding hydrogens is 389 g/mol. The molecule has 0 saturated heterocycles. The molecule has 27 heavy (non-hydrogen) atoms. The lowest BCUT2D eigenvalue weighted by Crippen LogP contribution is -2.22. The van der Waals surface area contributed by atoms with Crippen LogP contribution in [-0.2, 0) is 0 Å². The van der Waals surface area contributed by atoms with Crippen LogP contribution in [0.5, 0.6) is 0 Å². The Morgan fingerprint density at radius 2 is 1.07 bits per heavy atom. The molecule has 0 fully saturated rings. The van der Waals surface area contributed by atoms with Gasteiger partial charge in [0, 0.05) is 33.6 Å². The van der Waals surface area contributed by atoms with E-state index in [2.05, 4.69) is 15.6 Å². The summed E-state index contributed by atoms with van der Waals surface area (Å²) in [5.41, 5.74) is 0.441. The summed E-state index contributed by atoms with van der Waals surface area (Å²) in [5, 5.41) is 6.30. The van der Waals surface area contributed by atoms with E-state index in [1.807, 2.05) is 0 Å². The maximum atomic E-state index is 12.4. The van der Waals surface area contributed by atoms with Crippen molar-refractivity contribution in [1.29, 1.82) is 0 Å². The lowest BCUT2D eigenvalue weighted by molar-refractivity contribution is 0.101. The second-order valence-electron chi connectivity index (χ2n) is 5.57. The number of H-pyrrole nitrogens is 1. The van der Waals surface area contributed by atoms with Crippen molar-refractivity contribution in [2.45, 2.75) is 0 Å². The summed E-state index contributed by atoms with van der Waals surface area (Å²) in [6.45, 7) is 0. The van der Waals surface area contributed by atoms with Gasteiger partial charge in [-0.25, -0.2) is 0 Å². The van der Waals surface area contributed by atoms with Crippen molar-refractivity contribution in [3.05, 3.63) is 92.3 Å². The summed E-state index contributed by atoms with van der Waals surface area (Å²) in [6, 6.07) is 15.2. The summed E-state index contributed by atoms with van der Waals surface area (Å²) in [6.07, 6.45) is 0. The predicted molar refractivity (Wildman–Crippen MR) is 106 cm³/mol. The normalized spacial score (nSPS) is 10.3. The largest absolute Gasteiger partial charge is 0.346 e. The third-order valence-corrected chi connectivity index (χ3v) is 4.04. The second-order valence-corrected chi connectivity index (χ2v) is 6.44. The summed E-state index contributed by atoms with van der Waals surface area (Å²) in [5.74, 6) is -1.12. The summed E-state index contributed by atoms with van der Waals surface area (Å²) in [4.78, 5) is 39.3. The van der Waals surface area contributed by atoms with E-state index < -0.39 is 17.2 Å². The SMILES string of the molecule is O=C(Nc1ccc(Cl)cc1)c1cc(=O)cc(C(=O)Nc2ccc(Cl)cc2)[nH]1. The Bertz CT molecular complexity index is 964. The molecule has 6 nitrogen and oxygen atoms in total. The molecule has 0 spiro atoms. The molecular formula is C19H13Cl2N3O3. The van der Waals surface area contributed by atoms with Crippen molar-refractivity contribution in [3.63, 3.8) is 0 Å². The van der Waals surface area contributed by atoms with E-state index in [1.54, 1.807) is 48.5 Å². The Morgan fingerprint density at radius 1 is 0.704 bits per heavy atom. The van der Waals surface area contributed by atoms with E-state index in [1.165, 1.54) is 0 Å². The molecule has 136 valence electrons. The maximum Gasteiger partial charge on any atom is 0.272 e. The van der Waals surface area contributed by atoms with Crippen LogP contribution in [0.15, 0.2) is 65.5 Å². The minimum absolute atomic E-state index is 0.0429. The molecule has 0 aliphatic rings. The zero-order valence-electron chi connectivity index (χ0n) is 13.8. The number of carbonyl (C=O) groups is 2. The molecule has 1 aromatic heterocycles. The second kappa shape index (κ2) is 8.07. The Morgan fingerprint density at radius 3 is 1.44 bits per heavy atom. The van der Waals surface area contributed by atoms with Gasteiger partial charge < -0.3 is 15.6 Å². The van der Waals surface area contributed by atoms with Gasteiger partial charge in [0.2, 0.25) is 0 Å². The average molecular weight is 402 g/mol. The highest BCUT2D eigenvalue weighted by Gasteiger charge is 2.13. The van der Waals surface area contributed by atoms with Crippen LogP contribution < -0.4 is 16.1 Å². The lowest BCUT2D eigenvalue weighted by Gasteiger charge is -2.08. The molecule has 3 rings (SSSR count). The third kappa shape index (κ3) is 4.97. The number of anilines is 2. The predicted octanol–water partition coefficient (Wildman–Crippen LogP) is 4.19. The Kier molecular flexibility index (Phi) is 5.59. The molecule has 0 aliphatic heterocycles. The first-order chi connectivity index (χ1) is 12.9. The number of pyridine rings is 1. The minimum atomic E-state index is -0.560. The Balaban J connectivity index is 1.79. The van der Waals surface area contributed by atoms with Gasteiger partial charge in [-0.3, -0.25) is 14.4 Å². The van der Waals surface area contributed by atoms with E-state index in [0.29, 0.717) is 21.4 Å². The van der Waals surface area contributed by atoms with Crippen molar-refractivity contribution in [1.82, 2.24) is 4.98 Å². The number of amides is 2. The Labute approximate surface area is 164 Å². The van der Waals surface area contributed by atoms with E-state index in [4.69, 9.17) is 23.2 Å². The molecule has 0 unspecified atom stereocenters. The monoisotopic (exact) mass is 401 g/mol. The molecule has 2 amide bonds. The van der Waals surface area contributed by atoms with Gasteiger partial charge in [0.15, 0.2) is 5.43 Å². The quantitative estimate of drug-likeness (QED) is 0.611. The van der Waals surface area contributed by atoms with Crippen LogP contribution >= 0.6 is 23.2 Å². The molecule has 0 bridgehead atoms. The van der Waals surface area contributed by atoms with Crippen LogP contribution in [0.3, 0.4) is 0 Å². The smallest absolute Gasteiger partial charge is 0.272 e. The van der Waals surface area contributed by atoms with E-state index >= 15 is 0 Å². The van der Waals surface area contributed by atoms with Crippen LogP contribution in [0.1, 0.15) is 21.0 Å². The molecule has 8 heteroatoms. The van der Waals surface area contributed by atoms with Gasteiger partial charge in [-0.2, -0.15) is 0 Å². The van der Waals surface area contributed by atoms with Gasteiger partial charge in [0.1, 0.15) is 11.4 Å². The molecule has 0 radical (unpaired) electrons. The first-order valence-corrected chi connectivity index (χ1v) is 8.54. The number of hydrogen-bond acceptors (Lipinski definition) is 3. The maximum absolute atomic E-state index is 12.4. The molecule has 3 aromatic rings. The zero-order chi connectivity index (χ0) is 19.4. The van der Waals surface area contributed by atoms with Crippen LogP contribution in [0.4, 0.5) is 11.4 Å². The number of hydrogen-bond donors (Lipinski definition) is 3. The highest BCUT2D eigenvalue weighted by Crippen LogP contribution is 2.15. The van der Waals surface area contributed by atoms with Crippen LogP contribution in [0.2, 0.25) is 10.0 Å². The van der Waals surface area contributed by atoms with Gasteiger partial charge in [-0.15, -0.1) is 0 Å². The molecule has 0 saturated carbocycles. The van der Waals surface area contributed by atoms with Gasteiger partial charge in [-0.05, 0) is 48.5 Å². The van der Waals surface area contributed by atoms with Crippen molar-refractivity contribution < 1.29 is 9.59 Å². The number of carbonyl (C=O) groups excluding carboxylic acids is 2. The number of halogens is 2. The van der Waals surface area contributed by atoms with Gasteiger partial charge in [-0.1, -0.05) is 23.2 Å². The van der Waals surface area contributed by atoms with E-state index in [9.17, 15) is 14.4 Å². The van der Waals surface area contributed by atoms with Crippen molar-refractivity contribution in [3.8, 4) is 0 Å². The number of nitrogens with one attached hydrogen (secondary N) is 3. The van der Waals surface area contributed by atoms with Gasteiger partial charge in [0.25, 0.3) is 11.8 Å². The number of benzene rings is 2. The third-order valence-electron chi connectivity index (χ3n) is 3.54. The van der Waals surface area contributed by atoms with Gasteiger partial charge in [0.05, 0.1) is 0 Å². The fourth-order valence-electron chi connectivity index (χ4n) is 2.25. The number of aromatic nitrogens is 1. The van der Waals surface area contributed by atoms with Crippen molar-refractivity contribution in [2.75, 3.05) is 10.6 Å². The number of rotatable bonds is 4. The molecule has 2 aromatic carbocycles.